The Bertz CT molecular complexity index is 1710. The first-order valence-electron chi connectivity index (χ1n) is 14.8. The summed E-state index contributed by atoms with van der Waals surface area (Å²) in [5, 5.41) is 4.42. The molecule has 0 saturated carbocycles. The average molecular weight is 648 g/mol. The number of pyridine rings is 1. The summed E-state index contributed by atoms with van der Waals surface area (Å²) < 4.78 is 16.7. The monoisotopic (exact) mass is 647 g/mol. The summed E-state index contributed by atoms with van der Waals surface area (Å²) in [5.41, 5.74) is 18.0. The second-order valence-electron chi connectivity index (χ2n) is 11.3. The molecule has 244 valence electrons. The van der Waals surface area contributed by atoms with E-state index >= 15 is 0 Å². The van der Waals surface area contributed by atoms with Crippen molar-refractivity contribution in [2.75, 3.05) is 52.8 Å². The normalized spacial score (nSPS) is 13.5. The number of methoxy groups -OCH3 is 3. The molecule has 12 heteroatoms. The zero-order valence-electron chi connectivity index (χ0n) is 26.9. The first-order chi connectivity index (χ1) is 21.7. The maximum Gasteiger partial charge on any atom is 0.298 e. The molecule has 0 atom stereocenters. The molecule has 0 spiro atoms. The number of hydrogen-bond donors (Lipinski definition) is 3. The predicted octanol–water partition coefficient (Wildman–Crippen LogP) is 4.77. The Balaban J connectivity index is 0.00000480. The number of nitrogens with two attached hydrogens (primary N) is 2. The standard InChI is InChI=1S/C34H41N7O4.ClH/c1-21-14-22(2)16-25(15-21)37-28-18-29(33(42)39-34(35)36)38-27-8-6-23(17-26(27)28)19-40-10-12-41(13-11-40)20-24-7-9-30(43-3)32(45-5)31(24)44-4;/h6-9,14-18H,10-13,19-20H2,1-5H3,(H,37,38)(H4,35,36,39,42);1H. The third-order valence-corrected chi connectivity index (χ3v) is 7.87. The Morgan fingerprint density at radius 1 is 0.848 bits per heavy atom. The molecule has 1 aliphatic heterocycles. The molecule has 1 aliphatic rings. The molecular weight excluding hydrogens is 606 g/mol. The summed E-state index contributed by atoms with van der Waals surface area (Å²) in [6, 6.07) is 18.1. The van der Waals surface area contributed by atoms with Crippen molar-refractivity contribution in [2.24, 2.45) is 16.5 Å². The molecule has 2 heterocycles. The van der Waals surface area contributed by atoms with Crippen molar-refractivity contribution in [1.82, 2.24) is 14.8 Å². The van der Waals surface area contributed by atoms with Crippen LogP contribution in [0.1, 0.15) is 32.7 Å². The number of hydrogen-bond acceptors (Lipinski definition) is 8. The van der Waals surface area contributed by atoms with Crippen molar-refractivity contribution in [3.05, 3.63) is 82.5 Å². The lowest BCUT2D eigenvalue weighted by atomic mass is 10.1. The van der Waals surface area contributed by atoms with Gasteiger partial charge in [0.05, 0.1) is 32.5 Å². The minimum Gasteiger partial charge on any atom is -0.493 e. The molecule has 0 aliphatic carbocycles. The highest BCUT2D eigenvalue weighted by atomic mass is 35.5. The number of halogens is 1. The van der Waals surface area contributed by atoms with Crippen molar-refractivity contribution in [3.63, 3.8) is 0 Å². The van der Waals surface area contributed by atoms with Crippen molar-refractivity contribution in [2.45, 2.75) is 26.9 Å². The van der Waals surface area contributed by atoms with E-state index in [0.29, 0.717) is 22.8 Å². The van der Waals surface area contributed by atoms with Crippen molar-refractivity contribution in [3.8, 4) is 17.2 Å². The van der Waals surface area contributed by atoms with Gasteiger partial charge in [-0.1, -0.05) is 18.2 Å². The van der Waals surface area contributed by atoms with Crippen molar-refractivity contribution >= 4 is 46.6 Å². The zero-order valence-corrected chi connectivity index (χ0v) is 27.7. The topological polar surface area (TPSA) is 141 Å². The van der Waals surface area contributed by atoms with E-state index in [-0.39, 0.29) is 24.1 Å². The lowest BCUT2D eigenvalue weighted by molar-refractivity contribution is 0.0998. The maximum absolute atomic E-state index is 12.7. The fourth-order valence-corrected chi connectivity index (χ4v) is 5.85. The Morgan fingerprint density at radius 2 is 1.50 bits per heavy atom. The maximum atomic E-state index is 12.7. The molecule has 5 rings (SSSR count). The molecule has 0 radical (unpaired) electrons. The van der Waals surface area contributed by atoms with Gasteiger partial charge >= 0.3 is 0 Å². The van der Waals surface area contributed by atoms with E-state index in [4.69, 9.17) is 25.7 Å². The van der Waals surface area contributed by atoms with Crippen molar-refractivity contribution in [1.29, 1.82) is 0 Å². The quantitative estimate of drug-likeness (QED) is 0.163. The number of guanidine groups is 1. The van der Waals surface area contributed by atoms with Crippen LogP contribution in [0.3, 0.4) is 0 Å². The van der Waals surface area contributed by atoms with Crippen LogP contribution in [0.25, 0.3) is 10.9 Å². The number of aliphatic imine (C=N–C) groups is 1. The Morgan fingerprint density at radius 3 is 2.11 bits per heavy atom. The van der Waals surface area contributed by atoms with E-state index in [1.807, 2.05) is 18.2 Å². The van der Waals surface area contributed by atoms with Crippen LogP contribution in [0.15, 0.2) is 59.6 Å². The van der Waals surface area contributed by atoms with E-state index in [1.165, 1.54) is 0 Å². The minimum absolute atomic E-state index is 0. The summed E-state index contributed by atoms with van der Waals surface area (Å²) in [7, 11) is 4.90. The van der Waals surface area contributed by atoms with Gasteiger partial charge in [0, 0.05) is 55.9 Å². The first-order valence-corrected chi connectivity index (χ1v) is 14.8. The number of aromatic nitrogens is 1. The van der Waals surface area contributed by atoms with E-state index in [2.05, 4.69) is 69.3 Å². The fraction of sp³-hybridized carbons (Fsp3) is 0.324. The number of amides is 1. The molecule has 11 nitrogen and oxygen atoms in total. The number of nitrogens with one attached hydrogen (secondary N) is 1. The number of anilines is 2. The molecule has 0 bridgehead atoms. The predicted molar refractivity (Wildman–Crippen MR) is 185 cm³/mol. The van der Waals surface area contributed by atoms with Gasteiger partial charge < -0.3 is 31.0 Å². The van der Waals surface area contributed by atoms with Gasteiger partial charge in [-0.3, -0.25) is 14.6 Å². The number of nitrogens with zero attached hydrogens (tertiary/aromatic N) is 4. The van der Waals surface area contributed by atoms with Gasteiger partial charge in [0.15, 0.2) is 17.5 Å². The number of benzene rings is 3. The van der Waals surface area contributed by atoms with Crippen LogP contribution in [0.5, 0.6) is 17.2 Å². The molecular formula is C34H42ClN7O4. The van der Waals surface area contributed by atoms with Crippen LogP contribution in [0.4, 0.5) is 11.4 Å². The third-order valence-electron chi connectivity index (χ3n) is 7.87. The Hall–Kier alpha value is -4.58. The van der Waals surface area contributed by atoms with Gasteiger partial charge in [0.1, 0.15) is 5.69 Å². The number of carbonyl (C=O) groups excluding carboxylic acids is 1. The fourth-order valence-electron chi connectivity index (χ4n) is 5.85. The molecule has 1 amide bonds. The summed E-state index contributed by atoms with van der Waals surface area (Å²) in [5.74, 6) is 1.08. The third kappa shape index (κ3) is 7.97. The van der Waals surface area contributed by atoms with Crippen LogP contribution in [-0.2, 0) is 13.1 Å². The smallest absolute Gasteiger partial charge is 0.298 e. The number of fused-ring (bicyclic) bond motifs is 1. The minimum atomic E-state index is -0.590. The van der Waals surface area contributed by atoms with Gasteiger partial charge in [0.2, 0.25) is 5.75 Å². The van der Waals surface area contributed by atoms with Gasteiger partial charge in [-0.2, -0.15) is 4.99 Å². The zero-order chi connectivity index (χ0) is 32.1. The largest absolute Gasteiger partial charge is 0.493 e. The molecule has 0 unspecified atom stereocenters. The van der Waals surface area contributed by atoms with Crippen LogP contribution in [0.2, 0.25) is 0 Å². The van der Waals surface area contributed by atoms with Gasteiger partial charge in [-0.15, -0.1) is 12.4 Å². The van der Waals surface area contributed by atoms with Gasteiger partial charge in [-0.25, -0.2) is 4.98 Å². The second-order valence-corrected chi connectivity index (χ2v) is 11.3. The highest BCUT2D eigenvalue weighted by Gasteiger charge is 2.22. The van der Waals surface area contributed by atoms with E-state index in [1.54, 1.807) is 27.4 Å². The summed E-state index contributed by atoms with van der Waals surface area (Å²) in [4.78, 5) is 25.9. The molecule has 4 aromatic rings. The summed E-state index contributed by atoms with van der Waals surface area (Å²) >= 11 is 0. The highest BCUT2D eigenvalue weighted by molar-refractivity contribution is 6.04. The lowest BCUT2D eigenvalue weighted by Gasteiger charge is -2.35. The Labute approximate surface area is 275 Å². The lowest BCUT2D eigenvalue weighted by Crippen LogP contribution is -2.45. The number of aryl methyl sites for hydroxylation is 2. The van der Waals surface area contributed by atoms with Crippen LogP contribution < -0.4 is 31.0 Å². The van der Waals surface area contributed by atoms with Crippen LogP contribution >= 0.6 is 12.4 Å². The van der Waals surface area contributed by atoms with Crippen molar-refractivity contribution < 1.29 is 19.0 Å². The molecule has 1 fully saturated rings. The van der Waals surface area contributed by atoms with E-state index in [9.17, 15) is 4.79 Å². The molecule has 5 N–H and O–H groups in total. The van der Waals surface area contributed by atoms with Crippen LogP contribution in [-0.4, -0.2) is 74.2 Å². The second kappa shape index (κ2) is 15.1. The van der Waals surface area contributed by atoms with Gasteiger partial charge in [0.25, 0.3) is 5.91 Å². The van der Waals surface area contributed by atoms with Crippen LogP contribution in [0, 0.1) is 13.8 Å². The Kier molecular flexibility index (Phi) is 11.3. The van der Waals surface area contributed by atoms with Gasteiger partial charge in [-0.05, 0) is 66.9 Å². The molecule has 46 heavy (non-hydrogen) atoms. The summed E-state index contributed by atoms with van der Waals surface area (Å²) in [6.45, 7) is 9.34. The molecule has 1 aromatic heterocycles. The van der Waals surface area contributed by atoms with E-state index < -0.39 is 5.91 Å². The number of piperazine rings is 1. The molecule has 3 aromatic carbocycles. The summed E-state index contributed by atoms with van der Waals surface area (Å²) in [6.07, 6.45) is 0. The average Bonchev–Trinajstić information content (AvgIpc) is 3.01. The number of carbonyl (C=O) groups is 1. The first kappa shape index (κ1) is 34.3. The van der Waals surface area contributed by atoms with E-state index in [0.717, 1.165) is 78.3 Å². The highest BCUT2D eigenvalue weighted by Crippen LogP contribution is 2.40. The number of ether oxygens (including phenoxy) is 3. The number of rotatable bonds is 10. The molecule has 1 saturated heterocycles. The SMILES string of the molecule is COc1ccc(CN2CCN(Cc3ccc4nc(C(=O)N=C(N)N)cc(Nc5cc(C)cc(C)c5)c4c3)CC2)c(OC)c1OC.Cl.